The minimum absolute atomic E-state index is 0.00893. The van der Waals surface area contributed by atoms with Crippen LogP contribution in [0.2, 0.25) is 0 Å². The van der Waals surface area contributed by atoms with Gasteiger partial charge in [-0.05, 0) is 51.7 Å². The van der Waals surface area contributed by atoms with Crippen LogP contribution in [0.4, 0.5) is 13.2 Å². The van der Waals surface area contributed by atoms with Gasteiger partial charge in [0.05, 0.1) is 24.7 Å². The zero-order valence-corrected chi connectivity index (χ0v) is 25.2. The van der Waals surface area contributed by atoms with Gasteiger partial charge in [0.25, 0.3) is 0 Å². The maximum absolute atomic E-state index is 12.6. The summed E-state index contributed by atoms with van der Waals surface area (Å²) in [6.45, 7) is 12.8. The Bertz CT molecular complexity index is 819. The number of hydrogen-bond acceptors (Lipinski definition) is 6. The maximum atomic E-state index is 12.6. The second-order valence-electron chi connectivity index (χ2n) is 8.51. The second-order valence-corrected chi connectivity index (χ2v) is 8.51. The quantitative estimate of drug-likeness (QED) is 0.262. The molecular weight excluding hydrogens is 529 g/mol. The molecule has 232 valence electrons. The number of carbonyl (C=O) groups excluding carboxylic acids is 3. The number of halogens is 3. The molecule has 9 nitrogen and oxygen atoms in total. The lowest BCUT2D eigenvalue weighted by Crippen LogP contribution is -2.52. The van der Waals surface area contributed by atoms with Gasteiger partial charge in [-0.3, -0.25) is 19.3 Å². The number of hydrogen-bond donors (Lipinski definition) is 4. The Balaban J connectivity index is -0.000000753. The molecule has 1 aromatic rings. The molecule has 0 saturated heterocycles. The molecule has 0 bridgehead atoms. The summed E-state index contributed by atoms with van der Waals surface area (Å²) < 4.78 is 37.8. The molecular formula is C28H49F3N4O5. The third-order valence-electron chi connectivity index (χ3n) is 5.05. The Labute approximate surface area is 237 Å². The fourth-order valence-electron chi connectivity index (χ4n) is 2.66. The highest BCUT2D eigenvalue weighted by Gasteiger charge is 2.30. The molecule has 12 heteroatoms. The third kappa shape index (κ3) is 21.9. The average Bonchev–Trinajstić information content (AvgIpc) is 2.91. The van der Waals surface area contributed by atoms with Crippen molar-refractivity contribution in [3.63, 3.8) is 0 Å². The van der Waals surface area contributed by atoms with Gasteiger partial charge >= 0.3 is 12.1 Å². The molecule has 0 spiro atoms. The molecule has 1 unspecified atom stereocenters. The average molecular weight is 579 g/mol. The standard InChI is InChI=1S/C16H20F3N3O3.C6H13NO2.C4H10.C2H6/c1-10(20-2)14(24)22-13(15(25)21-7-8-23)9-11-3-5-12(6-4-11)16(17,18)19;1-3-4-7(2)5-6(8)9;1-3-4-2;1-2/h3-6,8,10,13,20H,7,9H2,1-2H3,(H,21,25)(H,22,24);3-5H2,1-2H3,(H,8,9);3-4H2,1-2H3;1-2H3/t10?,13-;;;/m1.../s1. The molecule has 1 rings (SSSR count). The van der Waals surface area contributed by atoms with Crippen LogP contribution in [-0.2, 0) is 31.8 Å². The second kappa shape index (κ2) is 25.0. The number of aldehydes is 1. The van der Waals surface area contributed by atoms with Crippen molar-refractivity contribution in [2.75, 3.05) is 33.7 Å². The first kappa shape index (κ1) is 41.5. The predicted octanol–water partition coefficient (Wildman–Crippen LogP) is 3.90. The van der Waals surface area contributed by atoms with Gasteiger partial charge in [0.1, 0.15) is 12.3 Å². The SMILES string of the molecule is CC.CCCC.CCCN(C)CC(=O)O.CNC(C)C(=O)N[C@H](Cc1ccc(C(F)(F)F)cc1)C(=O)NCC=O. The monoisotopic (exact) mass is 578 g/mol. The summed E-state index contributed by atoms with van der Waals surface area (Å²) in [7, 11) is 3.37. The molecule has 2 atom stereocenters. The minimum Gasteiger partial charge on any atom is -0.480 e. The molecule has 0 aromatic heterocycles. The number of nitrogens with one attached hydrogen (secondary N) is 3. The summed E-state index contributed by atoms with van der Waals surface area (Å²) >= 11 is 0. The summed E-state index contributed by atoms with van der Waals surface area (Å²) in [5, 5.41) is 15.8. The fraction of sp³-hybridized carbons (Fsp3) is 0.643. The van der Waals surface area contributed by atoms with Crippen LogP contribution in [0.15, 0.2) is 24.3 Å². The van der Waals surface area contributed by atoms with Crippen LogP contribution in [0.25, 0.3) is 0 Å². The number of rotatable bonds is 13. The van der Waals surface area contributed by atoms with Crippen molar-refractivity contribution in [1.82, 2.24) is 20.9 Å². The van der Waals surface area contributed by atoms with Gasteiger partial charge in [-0.25, -0.2) is 0 Å². The summed E-state index contributed by atoms with van der Waals surface area (Å²) in [6.07, 6.45) is -0.324. The van der Waals surface area contributed by atoms with Crippen molar-refractivity contribution in [3.8, 4) is 0 Å². The van der Waals surface area contributed by atoms with Crippen molar-refractivity contribution in [2.24, 2.45) is 0 Å². The van der Waals surface area contributed by atoms with Crippen LogP contribution < -0.4 is 16.0 Å². The van der Waals surface area contributed by atoms with E-state index >= 15 is 0 Å². The molecule has 0 aliphatic rings. The zero-order chi connectivity index (χ0) is 31.7. The summed E-state index contributed by atoms with van der Waals surface area (Å²) in [5.74, 6) is -1.80. The molecule has 40 heavy (non-hydrogen) atoms. The fourth-order valence-corrected chi connectivity index (χ4v) is 2.66. The van der Waals surface area contributed by atoms with E-state index in [1.807, 2.05) is 20.8 Å². The number of benzene rings is 1. The van der Waals surface area contributed by atoms with Crippen LogP contribution in [0.3, 0.4) is 0 Å². The van der Waals surface area contributed by atoms with Crippen molar-refractivity contribution in [3.05, 3.63) is 35.4 Å². The number of aliphatic carboxylic acids is 1. The van der Waals surface area contributed by atoms with Gasteiger partial charge in [-0.1, -0.05) is 59.6 Å². The van der Waals surface area contributed by atoms with Gasteiger partial charge in [-0.15, -0.1) is 0 Å². The van der Waals surface area contributed by atoms with Gasteiger partial charge in [0.2, 0.25) is 11.8 Å². The normalized spacial score (nSPS) is 11.7. The molecule has 0 aliphatic carbocycles. The van der Waals surface area contributed by atoms with Crippen LogP contribution in [-0.4, -0.2) is 79.9 Å². The van der Waals surface area contributed by atoms with Crippen LogP contribution >= 0.6 is 0 Å². The minimum atomic E-state index is -4.45. The molecule has 0 radical (unpaired) electrons. The number of nitrogens with zero attached hydrogens (tertiary/aromatic N) is 1. The zero-order valence-electron chi connectivity index (χ0n) is 25.2. The molecule has 1 aromatic carbocycles. The highest BCUT2D eigenvalue weighted by molar-refractivity contribution is 5.90. The largest absolute Gasteiger partial charge is 0.480 e. The van der Waals surface area contributed by atoms with E-state index in [-0.39, 0.29) is 19.5 Å². The number of carbonyl (C=O) groups is 4. The Morgan fingerprint density at radius 3 is 1.90 bits per heavy atom. The summed E-state index contributed by atoms with van der Waals surface area (Å²) in [5.41, 5.74) is -0.359. The molecule has 0 saturated carbocycles. The highest BCUT2D eigenvalue weighted by atomic mass is 19.4. The Kier molecular flexibility index (Phi) is 25.9. The first-order chi connectivity index (χ1) is 18.8. The number of carboxylic acid groups (broad SMARTS) is 1. The molecule has 4 N–H and O–H groups in total. The van der Waals surface area contributed by atoms with E-state index in [1.54, 1.807) is 25.9 Å². The smallest absolute Gasteiger partial charge is 0.416 e. The Hall–Kier alpha value is -2.99. The lowest BCUT2D eigenvalue weighted by atomic mass is 10.0. The predicted molar refractivity (Wildman–Crippen MR) is 152 cm³/mol. The molecule has 0 fully saturated rings. The first-order valence-corrected chi connectivity index (χ1v) is 13.5. The maximum Gasteiger partial charge on any atom is 0.416 e. The van der Waals surface area contributed by atoms with Crippen molar-refractivity contribution >= 4 is 24.1 Å². The topological polar surface area (TPSA) is 128 Å². The van der Waals surface area contributed by atoms with E-state index in [0.29, 0.717) is 11.8 Å². The number of likely N-dealkylation sites (N-methyl/N-ethyl adjacent to an activating group) is 2. The summed E-state index contributed by atoms with van der Waals surface area (Å²) in [6, 6.07) is 2.74. The molecule has 2 amide bonds. The van der Waals surface area contributed by atoms with Gasteiger partial charge < -0.3 is 25.9 Å². The number of amides is 2. The van der Waals surface area contributed by atoms with Crippen LogP contribution in [0, 0.1) is 0 Å². The van der Waals surface area contributed by atoms with E-state index in [4.69, 9.17) is 5.11 Å². The number of alkyl halides is 3. The van der Waals surface area contributed by atoms with E-state index in [2.05, 4.69) is 29.8 Å². The van der Waals surface area contributed by atoms with Crippen molar-refractivity contribution < 1.29 is 37.5 Å². The number of unbranched alkanes of at least 4 members (excludes halogenated alkanes) is 1. The summed E-state index contributed by atoms with van der Waals surface area (Å²) in [4.78, 5) is 46.3. The van der Waals surface area contributed by atoms with E-state index in [1.165, 1.54) is 25.0 Å². The number of carboxylic acids is 1. The Morgan fingerprint density at radius 1 is 1.00 bits per heavy atom. The van der Waals surface area contributed by atoms with E-state index in [9.17, 15) is 32.3 Å². The van der Waals surface area contributed by atoms with Gasteiger partial charge in [0, 0.05) is 6.42 Å². The lowest BCUT2D eigenvalue weighted by Gasteiger charge is -2.20. The highest BCUT2D eigenvalue weighted by Crippen LogP contribution is 2.29. The lowest BCUT2D eigenvalue weighted by molar-refractivity contribution is -0.138. The van der Waals surface area contributed by atoms with Crippen molar-refractivity contribution in [1.29, 1.82) is 0 Å². The van der Waals surface area contributed by atoms with E-state index < -0.39 is 41.6 Å². The third-order valence-corrected chi connectivity index (χ3v) is 5.05. The van der Waals surface area contributed by atoms with E-state index in [0.717, 1.165) is 25.1 Å². The van der Waals surface area contributed by atoms with Crippen LogP contribution in [0.1, 0.15) is 71.9 Å². The van der Waals surface area contributed by atoms with Crippen molar-refractivity contribution in [2.45, 2.75) is 85.5 Å². The molecule has 0 aliphatic heterocycles. The first-order valence-electron chi connectivity index (χ1n) is 13.5. The van der Waals surface area contributed by atoms with Gasteiger partial charge in [-0.2, -0.15) is 13.2 Å². The molecule has 0 heterocycles. The Morgan fingerprint density at radius 2 is 1.52 bits per heavy atom. The van der Waals surface area contributed by atoms with Crippen LogP contribution in [0.5, 0.6) is 0 Å². The van der Waals surface area contributed by atoms with Gasteiger partial charge in [0.15, 0.2) is 0 Å².